The first-order chi connectivity index (χ1) is 14.3. The summed E-state index contributed by atoms with van der Waals surface area (Å²) in [5.41, 5.74) is 5.69. The van der Waals surface area contributed by atoms with Crippen LogP contribution in [0.25, 0.3) is 22.7 Å². The van der Waals surface area contributed by atoms with Gasteiger partial charge in [0.05, 0.1) is 16.6 Å². The predicted molar refractivity (Wildman–Crippen MR) is 126 cm³/mol. The molecule has 4 nitrogen and oxygen atoms in total. The molecule has 1 aliphatic heterocycles. The summed E-state index contributed by atoms with van der Waals surface area (Å²) < 4.78 is 0. The van der Waals surface area contributed by atoms with Crippen LogP contribution in [-0.2, 0) is 0 Å². The van der Waals surface area contributed by atoms with E-state index >= 15 is 0 Å². The van der Waals surface area contributed by atoms with Gasteiger partial charge in [0, 0.05) is 22.8 Å². The molecule has 0 saturated carbocycles. The molecule has 1 aromatic heterocycles. The maximum absolute atomic E-state index is 9.80. The van der Waals surface area contributed by atoms with E-state index in [2.05, 4.69) is 60.8 Å². The van der Waals surface area contributed by atoms with Gasteiger partial charge in [0.15, 0.2) is 0 Å². The first kappa shape index (κ1) is 20.5. The van der Waals surface area contributed by atoms with Gasteiger partial charge in [-0.2, -0.15) is 5.26 Å². The van der Waals surface area contributed by atoms with Crippen LogP contribution >= 0.6 is 11.6 Å². The van der Waals surface area contributed by atoms with Crippen molar-refractivity contribution in [2.24, 2.45) is 0 Å². The number of fused-ring (bicyclic) bond motifs is 2. The molecule has 0 bridgehead atoms. The Bertz CT molecular complexity index is 1130. The van der Waals surface area contributed by atoms with Gasteiger partial charge < -0.3 is 9.88 Å². The van der Waals surface area contributed by atoms with Crippen LogP contribution in [0.1, 0.15) is 63.4 Å². The average Bonchev–Trinajstić information content (AvgIpc) is 3.13. The van der Waals surface area contributed by atoms with Crippen LogP contribution in [0.3, 0.4) is 0 Å². The molecule has 1 unspecified atom stereocenters. The zero-order valence-corrected chi connectivity index (χ0v) is 18.7. The molecular weight excluding hydrogens is 392 g/mol. The summed E-state index contributed by atoms with van der Waals surface area (Å²) in [4.78, 5) is 10.3. The van der Waals surface area contributed by atoms with Crippen LogP contribution in [0.5, 0.6) is 0 Å². The fourth-order valence-corrected chi connectivity index (χ4v) is 4.88. The first-order valence-corrected chi connectivity index (χ1v) is 10.9. The molecule has 4 rings (SSSR count). The molecule has 0 amide bonds. The Morgan fingerprint density at radius 1 is 1.37 bits per heavy atom. The van der Waals surface area contributed by atoms with E-state index in [1.807, 2.05) is 30.3 Å². The van der Waals surface area contributed by atoms with Crippen molar-refractivity contribution in [1.82, 2.24) is 9.97 Å². The first-order valence-electron chi connectivity index (χ1n) is 10.5. The van der Waals surface area contributed by atoms with Gasteiger partial charge in [0.1, 0.15) is 11.9 Å². The van der Waals surface area contributed by atoms with E-state index in [4.69, 9.17) is 11.6 Å². The molecule has 1 N–H and O–H groups in total. The van der Waals surface area contributed by atoms with Crippen molar-refractivity contribution >= 4 is 40.0 Å². The molecule has 3 aromatic rings. The number of hydrogen-bond acceptors (Lipinski definition) is 3. The number of nitrogens with one attached hydrogen (secondary N) is 1. The van der Waals surface area contributed by atoms with Gasteiger partial charge in [-0.15, -0.1) is 0 Å². The number of halogens is 1. The lowest BCUT2D eigenvalue weighted by Crippen LogP contribution is -2.48. The monoisotopic (exact) mass is 418 g/mol. The molecule has 2 aromatic carbocycles. The number of aromatic amines is 1. The minimum absolute atomic E-state index is 0.0925. The van der Waals surface area contributed by atoms with Crippen molar-refractivity contribution in [1.29, 1.82) is 5.26 Å². The second kappa shape index (κ2) is 7.81. The number of nitrogens with zero attached hydrogens (tertiary/aromatic N) is 3. The average molecular weight is 419 g/mol. The van der Waals surface area contributed by atoms with E-state index in [9.17, 15) is 5.26 Å². The molecule has 0 radical (unpaired) electrons. The lowest BCUT2D eigenvalue weighted by atomic mass is 9.79. The number of benzene rings is 2. The van der Waals surface area contributed by atoms with E-state index in [-0.39, 0.29) is 5.54 Å². The fraction of sp³-hybridized carbons (Fsp3) is 0.360. The highest BCUT2D eigenvalue weighted by atomic mass is 35.5. The molecule has 2 heterocycles. The number of H-pyrrole nitrogens is 1. The van der Waals surface area contributed by atoms with Gasteiger partial charge in [0.25, 0.3) is 0 Å². The maximum Gasteiger partial charge on any atom is 0.149 e. The van der Waals surface area contributed by atoms with Gasteiger partial charge >= 0.3 is 0 Å². The minimum atomic E-state index is 0.0925. The van der Waals surface area contributed by atoms with Crippen molar-refractivity contribution in [2.45, 2.75) is 52.0 Å². The van der Waals surface area contributed by atoms with Gasteiger partial charge in [0.2, 0.25) is 0 Å². The second-order valence-electron chi connectivity index (χ2n) is 8.77. The Balaban J connectivity index is 1.80. The third kappa shape index (κ3) is 3.59. The summed E-state index contributed by atoms with van der Waals surface area (Å²) in [5.74, 6) is 0.985. The summed E-state index contributed by atoms with van der Waals surface area (Å²) in [6.45, 7) is 10.1. The fourth-order valence-electron chi connectivity index (χ4n) is 4.67. The number of para-hydroxylation sites is 2. The lowest BCUT2D eigenvalue weighted by molar-refractivity contribution is 0.376. The Morgan fingerprint density at radius 3 is 2.83 bits per heavy atom. The normalized spacial score (nSPS) is 18.3. The van der Waals surface area contributed by atoms with Crippen molar-refractivity contribution < 1.29 is 0 Å². The Labute approximate surface area is 183 Å². The van der Waals surface area contributed by atoms with Crippen LogP contribution < -0.4 is 4.90 Å². The predicted octanol–water partition coefficient (Wildman–Crippen LogP) is 6.78. The second-order valence-corrected chi connectivity index (χ2v) is 9.18. The van der Waals surface area contributed by atoms with Crippen molar-refractivity contribution in [2.75, 3.05) is 11.4 Å². The zero-order chi connectivity index (χ0) is 21.5. The number of hydrogen-bond donors (Lipinski definition) is 1. The summed E-state index contributed by atoms with van der Waals surface area (Å²) in [5, 5.41) is 10.5. The number of aromatic nitrogens is 2. The number of nitriles is 1. The Hall–Kier alpha value is -2.77. The highest BCUT2D eigenvalue weighted by molar-refractivity contribution is 6.32. The third-order valence-corrected chi connectivity index (χ3v) is 6.34. The largest absolute Gasteiger partial charge is 0.366 e. The number of anilines is 1. The van der Waals surface area contributed by atoms with Crippen LogP contribution in [0.15, 0.2) is 36.4 Å². The van der Waals surface area contributed by atoms with E-state index < -0.39 is 0 Å². The smallest absolute Gasteiger partial charge is 0.149 e. The highest BCUT2D eigenvalue weighted by Crippen LogP contribution is 2.45. The zero-order valence-electron chi connectivity index (χ0n) is 18.0. The van der Waals surface area contributed by atoms with Crippen molar-refractivity contribution in [3.05, 3.63) is 58.4 Å². The van der Waals surface area contributed by atoms with Crippen LogP contribution in [0.2, 0.25) is 5.02 Å². The molecule has 30 heavy (non-hydrogen) atoms. The molecule has 1 atom stereocenters. The third-order valence-electron chi connectivity index (χ3n) is 6.02. The Kier molecular flexibility index (Phi) is 5.34. The lowest BCUT2D eigenvalue weighted by Gasteiger charge is -2.47. The molecule has 0 saturated heterocycles. The summed E-state index contributed by atoms with van der Waals surface area (Å²) in [6.07, 6.45) is 4.01. The molecule has 0 fully saturated rings. The Morgan fingerprint density at radius 2 is 2.13 bits per heavy atom. The number of imidazole rings is 1. The van der Waals surface area contributed by atoms with E-state index in [1.165, 1.54) is 11.3 Å². The van der Waals surface area contributed by atoms with Gasteiger partial charge in [-0.3, -0.25) is 0 Å². The van der Waals surface area contributed by atoms with Crippen LogP contribution in [-0.4, -0.2) is 22.1 Å². The minimum Gasteiger partial charge on any atom is -0.366 e. The SMILES string of the molecule is CCCN1c2cc(Cl)c(/C=C(\C#N)c3nc4ccccc4[nH]3)cc2C(C)CC1(C)C. The molecule has 0 aliphatic carbocycles. The molecule has 1 aliphatic rings. The summed E-state index contributed by atoms with van der Waals surface area (Å²) in [6, 6.07) is 14.3. The molecular formula is C25H27ClN4. The molecule has 154 valence electrons. The van der Waals surface area contributed by atoms with Crippen LogP contribution in [0.4, 0.5) is 5.69 Å². The standard InChI is InChI=1S/C25H27ClN4/c1-5-10-30-23-13-20(26)17(12-19(23)16(2)14-25(30,3)4)11-18(15-27)24-28-21-8-6-7-9-22(21)29-24/h6-9,11-13,16H,5,10,14H2,1-4H3,(H,28,29)/b18-11+. The quantitative estimate of drug-likeness (QED) is 0.475. The van der Waals surface area contributed by atoms with Gasteiger partial charge in [-0.25, -0.2) is 4.98 Å². The molecule has 0 spiro atoms. The van der Waals surface area contributed by atoms with Gasteiger partial charge in [-0.05, 0) is 74.1 Å². The van der Waals surface area contributed by atoms with Gasteiger partial charge in [-0.1, -0.05) is 37.6 Å². The maximum atomic E-state index is 9.80. The highest BCUT2D eigenvalue weighted by Gasteiger charge is 2.36. The molecule has 5 heteroatoms. The number of rotatable bonds is 4. The van der Waals surface area contributed by atoms with Crippen molar-refractivity contribution in [3.8, 4) is 6.07 Å². The topological polar surface area (TPSA) is 55.7 Å². The summed E-state index contributed by atoms with van der Waals surface area (Å²) >= 11 is 6.72. The van der Waals surface area contributed by atoms with Crippen molar-refractivity contribution in [3.63, 3.8) is 0 Å². The number of allylic oxidation sites excluding steroid dienone is 1. The van der Waals surface area contributed by atoms with E-state index in [1.54, 1.807) is 0 Å². The summed E-state index contributed by atoms with van der Waals surface area (Å²) in [7, 11) is 0. The van der Waals surface area contributed by atoms with E-state index in [0.717, 1.165) is 36.0 Å². The van der Waals surface area contributed by atoms with Crippen LogP contribution in [0, 0.1) is 11.3 Å². The van der Waals surface area contributed by atoms with E-state index in [0.29, 0.717) is 22.3 Å².